The summed E-state index contributed by atoms with van der Waals surface area (Å²) in [6.07, 6.45) is 1.14. The van der Waals surface area contributed by atoms with E-state index in [0.29, 0.717) is 6.04 Å². The molecule has 148 valence electrons. The van der Waals surface area contributed by atoms with Gasteiger partial charge in [0, 0.05) is 45.2 Å². The lowest BCUT2D eigenvalue weighted by Gasteiger charge is -2.34. The largest absolute Gasteiger partial charge is 0.355 e. The Balaban J connectivity index is 0.00000261. The topological polar surface area (TPSA) is 43.8 Å². The Morgan fingerprint density at radius 3 is 2.78 bits per heavy atom. The maximum Gasteiger partial charge on any atom is 0.193 e. The summed E-state index contributed by atoms with van der Waals surface area (Å²) < 4.78 is 0. The minimum atomic E-state index is 0. The van der Waals surface area contributed by atoms with Crippen molar-refractivity contribution in [3.63, 3.8) is 0 Å². The van der Waals surface area contributed by atoms with E-state index in [4.69, 9.17) is 0 Å². The molecule has 27 heavy (non-hydrogen) atoms. The number of guanidine groups is 1. The van der Waals surface area contributed by atoms with Crippen molar-refractivity contribution >= 4 is 41.3 Å². The van der Waals surface area contributed by atoms with Crippen LogP contribution in [0.4, 0.5) is 0 Å². The summed E-state index contributed by atoms with van der Waals surface area (Å²) in [6.45, 7) is 8.14. The zero-order valence-electron chi connectivity index (χ0n) is 16.6. The Bertz CT molecular complexity index is 760. The third kappa shape index (κ3) is 5.89. The van der Waals surface area contributed by atoms with Crippen molar-refractivity contribution in [3.8, 4) is 0 Å². The van der Waals surface area contributed by atoms with Gasteiger partial charge in [0.25, 0.3) is 0 Å². The van der Waals surface area contributed by atoms with Crippen molar-refractivity contribution in [2.45, 2.75) is 39.4 Å². The molecule has 0 fully saturated rings. The first-order valence-corrected chi connectivity index (χ1v) is 10.1. The van der Waals surface area contributed by atoms with Gasteiger partial charge >= 0.3 is 0 Å². The van der Waals surface area contributed by atoms with Crippen molar-refractivity contribution in [1.82, 2.24) is 20.1 Å². The first-order chi connectivity index (χ1) is 12.6. The monoisotopic (exact) mass is 499 g/mol. The lowest BCUT2D eigenvalue weighted by atomic mass is 9.99. The molecule has 0 bridgehead atoms. The Hall–Kier alpha value is -1.19. The highest BCUT2D eigenvalue weighted by atomic mass is 127. The number of hydrogen-bond donors (Lipinski definition) is 1. The second-order valence-electron chi connectivity index (χ2n) is 6.98. The molecule has 2 heterocycles. The number of nitrogens with one attached hydrogen (secondary N) is 1. The number of aliphatic imine (C=N–C) groups is 1. The molecule has 1 aromatic heterocycles. The molecule has 0 radical (unpaired) electrons. The van der Waals surface area contributed by atoms with Gasteiger partial charge in [-0.2, -0.15) is 0 Å². The maximum atomic E-state index is 4.54. The van der Waals surface area contributed by atoms with Crippen molar-refractivity contribution in [1.29, 1.82) is 0 Å². The van der Waals surface area contributed by atoms with Gasteiger partial charge in [0.1, 0.15) is 0 Å². The molecular weight excluding hydrogens is 469 g/mol. The summed E-state index contributed by atoms with van der Waals surface area (Å²) in [5.74, 6) is 0.917. The normalized spacial score (nSPS) is 15.6. The predicted octanol–water partition coefficient (Wildman–Crippen LogP) is 3.52. The molecule has 1 unspecified atom stereocenters. The van der Waals surface area contributed by atoms with E-state index in [1.54, 1.807) is 11.3 Å². The van der Waals surface area contributed by atoms with E-state index in [-0.39, 0.29) is 24.0 Å². The predicted molar refractivity (Wildman–Crippen MR) is 125 cm³/mol. The van der Waals surface area contributed by atoms with E-state index >= 15 is 0 Å². The number of aryl methyl sites for hydroxylation is 1. The molecule has 2 aromatic rings. The zero-order chi connectivity index (χ0) is 18.5. The fourth-order valence-electron chi connectivity index (χ4n) is 3.45. The van der Waals surface area contributed by atoms with Crippen molar-refractivity contribution < 1.29 is 0 Å². The molecule has 1 atom stereocenters. The number of hydrogen-bond acceptors (Lipinski definition) is 4. The van der Waals surface area contributed by atoms with Crippen LogP contribution in [-0.2, 0) is 19.5 Å². The van der Waals surface area contributed by atoms with Crippen LogP contribution in [-0.4, -0.2) is 54.0 Å². The van der Waals surface area contributed by atoms with Gasteiger partial charge in [-0.25, -0.2) is 4.98 Å². The van der Waals surface area contributed by atoms with Crippen LogP contribution in [0.2, 0.25) is 0 Å². The van der Waals surface area contributed by atoms with Gasteiger partial charge in [-0.15, -0.1) is 35.3 Å². The quantitative estimate of drug-likeness (QED) is 0.389. The van der Waals surface area contributed by atoms with Gasteiger partial charge in [0.05, 0.1) is 17.2 Å². The minimum absolute atomic E-state index is 0. The van der Waals surface area contributed by atoms with Crippen LogP contribution in [0.15, 0.2) is 34.6 Å². The Kier molecular flexibility index (Phi) is 8.50. The van der Waals surface area contributed by atoms with Crippen molar-refractivity contribution in [3.05, 3.63) is 51.5 Å². The molecule has 1 aromatic carbocycles. The molecule has 5 nitrogen and oxygen atoms in total. The second kappa shape index (κ2) is 10.4. The number of nitrogens with zero attached hydrogens (tertiary/aromatic N) is 4. The number of fused-ring (bicyclic) bond motifs is 1. The lowest BCUT2D eigenvalue weighted by Crippen LogP contribution is -2.47. The smallest absolute Gasteiger partial charge is 0.193 e. The van der Waals surface area contributed by atoms with Crippen LogP contribution in [0.5, 0.6) is 0 Å². The van der Waals surface area contributed by atoms with Crippen LogP contribution >= 0.6 is 35.3 Å². The first-order valence-electron chi connectivity index (χ1n) is 9.20. The van der Waals surface area contributed by atoms with Gasteiger partial charge in [0.2, 0.25) is 0 Å². The van der Waals surface area contributed by atoms with E-state index in [2.05, 4.69) is 68.7 Å². The van der Waals surface area contributed by atoms with Gasteiger partial charge in [-0.3, -0.25) is 9.89 Å². The molecule has 7 heteroatoms. The Morgan fingerprint density at radius 1 is 1.37 bits per heavy atom. The molecule has 0 aliphatic carbocycles. The summed E-state index contributed by atoms with van der Waals surface area (Å²) in [5.41, 5.74) is 4.06. The number of rotatable bonds is 5. The van der Waals surface area contributed by atoms with Crippen molar-refractivity contribution in [2.75, 3.05) is 27.2 Å². The highest BCUT2D eigenvalue weighted by Crippen LogP contribution is 2.20. The van der Waals surface area contributed by atoms with Crippen LogP contribution in [0, 0.1) is 6.92 Å². The van der Waals surface area contributed by atoms with E-state index in [0.717, 1.165) is 49.3 Å². The van der Waals surface area contributed by atoms with Gasteiger partial charge < -0.3 is 10.2 Å². The highest BCUT2D eigenvalue weighted by Gasteiger charge is 2.20. The highest BCUT2D eigenvalue weighted by molar-refractivity contribution is 14.0. The molecule has 0 saturated carbocycles. The fraction of sp³-hybridized carbons (Fsp3) is 0.500. The number of aromatic nitrogens is 1. The molecular formula is C20H30IN5S. The lowest BCUT2D eigenvalue weighted by molar-refractivity contribution is 0.190. The van der Waals surface area contributed by atoms with Gasteiger partial charge in [-0.05, 0) is 31.4 Å². The SMILES string of the molecule is CN=C(NCC(C)N1CCc2ccccc2C1)N(C)Cc1csc(C)n1.I. The molecule has 1 N–H and O–H groups in total. The van der Waals surface area contributed by atoms with Crippen molar-refractivity contribution in [2.24, 2.45) is 4.99 Å². The van der Waals surface area contributed by atoms with E-state index < -0.39 is 0 Å². The van der Waals surface area contributed by atoms with E-state index in [9.17, 15) is 0 Å². The minimum Gasteiger partial charge on any atom is -0.355 e. The number of thiazole rings is 1. The summed E-state index contributed by atoms with van der Waals surface area (Å²) in [6, 6.07) is 9.25. The Labute approximate surface area is 183 Å². The summed E-state index contributed by atoms with van der Waals surface area (Å²) in [5, 5.41) is 6.75. The second-order valence-corrected chi connectivity index (χ2v) is 8.04. The van der Waals surface area contributed by atoms with Crippen LogP contribution < -0.4 is 5.32 Å². The van der Waals surface area contributed by atoms with E-state index in [1.165, 1.54) is 11.1 Å². The fourth-order valence-corrected chi connectivity index (χ4v) is 4.05. The third-order valence-corrected chi connectivity index (χ3v) is 5.80. The van der Waals surface area contributed by atoms with Gasteiger partial charge in [0.15, 0.2) is 5.96 Å². The molecule has 3 rings (SSSR count). The van der Waals surface area contributed by atoms with Crippen LogP contribution in [0.1, 0.15) is 28.8 Å². The Morgan fingerprint density at radius 2 is 2.11 bits per heavy atom. The third-order valence-electron chi connectivity index (χ3n) is 4.98. The molecule has 1 aliphatic heterocycles. The average molecular weight is 499 g/mol. The standard InChI is InChI=1S/C20H29N5S.HI/c1-15(25-10-9-17-7-5-6-8-18(17)12-25)11-22-20(21-3)24(4)13-19-14-26-16(2)23-19;/h5-8,14-15H,9-13H2,1-4H3,(H,21,22);1H. The molecule has 0 saturated heterocycles. The zero-order valence-corrected chi connectivity index (χ0v) is 19.8. The van der Waals surface area contributed by atoms with E-state index in [1.807, 2.05) is 14.0 Å². The molecule has 0 amide bonds. The molecule has 1 aliphatic rings. The molecule has 0 spiro atoms. The van der Waals surface area contributed by atoms with Gasteiger partial charge in [-0.1, -0.05) is 24.3 Å². The first kappa shape index (κ1) is 22.1. The number of halogens is 1. The van der Waals surface area contributed by atoms with Crippen LogP contribution in [0.25, 0.3) is 0 Å². The number of benzene rings is 1. The summed E-state index contributed by atoms with van der Waals surface area (Å²) in [4.78, 5) is 13.7. The summed E-state index contributed by atoms with van der Waals surface area (Å²) in [7, 11) is 3.90. The van der Waals surface area contributed by atoms with Crippen LogP contribution in [0.3, 0.4) is 0 Å². The maximum absolute atomic E-state index is 4.54. The summed E-state index contributed by atoms with van der Waals surface area (Å²) >= 11 is 1.69. The average Bonchev–Trinajstić information content (AvgIpc) is 3.06.